The number of rotatable bonds is 0. The number of halogens is 1. The molecule has 0 saturated carbocycles. The fraction of sp³-hybridized carbons (Fsp3) is 0.300. The first-order valence-corrected chi connectivity index (χ1v) is 4.48. The minimum absolute atomic E-state index is 0.0144. The molecule has 0 N–H and O–H groups in total. The Hall–Kier alpha value is -1.02. The lowest BCUT2D eigenvalue weighted by Crippen LogP contribution is -2.14. The molecule has 1 aromatic rings. The summed E-state index contributed by atoms with van der Waals surface area (Å²) < 4.78 is 5.32. The number of hydrogen-bond donors (Lipinski definition) is 0. The van der Waals surface area contributed by atoms with Crippen LogP contribution < -0.4 is 4.74 Å². The zero-order valence-electron chi connectivity index (χ0n) is 7.43. The van der Waals surface area contributed by atoms with E-state index in [1.165, 1.54) is 0 Å². The van der Waals surface area contributed by atoms with E-state index in [2.05, 4.69) is 0 Å². The minimum Gasteiger partial charge on any atom is -0.480 e. The maximum Gasteiger partial charge on any atom is 0.206 e. The molecule has 0 amide bonds. The van der Waals surface area contributed by atoms with Crippen LogP contribution in [0.1, 0.15) is 22.8 Å². The molecule has 2 nitrogen and oxygen atoms in total. The number of Topliss-reactive ketones (excluding diaryl/α,β-unsaturated/α-hetero) is 1. The molecule has 1 atom stereocenters. The second-order valence-electron chi connectivity index (χ2n) is 3.25. The molecule has 0 saturated heterocycles. The molecular weight excluding hydrogens is 188 g/mol. The third-order valence-electron chi connectivity index (χ3n) is 2.12. The van der Waals surface area contributed by atoms with E-state index in [0.29, 0.717) is 16.3 Å². The molecule has 13 heavy (non-hydrogen) atoms. The Balaban J connectivity index is 2.64. The van der Waals surface area contributed by atoms with Crippen molar-refractivity contribution in [3.05, 3.63) is 28.3 Å². The Morgan fingerprint density at radius 3 is 2.85 bits per heavy atom. The highest BCUT2D eigenvalue weighted by molar-refractivity contribution is 6.33. The van der Waals surface area contributed by atoms with Crippen molar-refractivity contribution in [1.29, 1.82) is 0 Å². The van der Waals surface area contributed by atoms with Gasteiger partial charge in [-0.05, 0) is 31.5 Å². The molecule has 1 aromatic carbocycles. The number of hydrogen-bond acceptors (Lipinski definition) is 2. The maximum atomic E-state index is 11.5. The van der Waals surface area contributed by atoms with Crippen LogP contribution in [-0.2, 0) is 0 Å². The molecular formula is C10H9ClO2. The van der Waals surface area contributed by atoms with Gasteiger partial charge in [0.1, 0.15) is 5.75 Å². The quantitative estimate of drug-likeness (QED) is 0.638. The third kappa shape index (κ3) is 1.22. The SMILES string of the molecule is Cc1cc(Cl)c2c(c1)C(=O)C(C)O2. The van der Waals surface area contributed by atoms with Crippen molar-refractivity contribution in [2.45, 2.75) is 20.0 Å². The Morgan fingerprint density at radius 1 is 1.46 bits per heavy atom. The highest BCUT2D eigenvalue weighted by Crippen LogP contribution is 2.36. The van der Waals surface area contributed by atoms with Crippen molar-refractivity contribution in [2.24, 2.45) is 0 Å². The average molecular weight is 197 g/mol. The minimum atomic E-state index is -0.394. The number of fused-ring (bicyclic) bond motifs is 1. The number of aryl methyl sites for hydroxylation is 1. The highest BCUT2D eigenvalue weighted by Gasteiger charge is 2.30. The predicted molar refractivity (Wildman–Crippen MR) is 50.6 cm³/mol. The molecule has 1 aliphatic heterocycles. The van der Waals surface area contributed by atoms with Gasteiger partial charge in [0.25, 0.3) is 0 Å². The van der Waals surface area contributed by atoms with Gasteiger partial charge in [0.05, 0.1) is 10.6 Å². The second-order valence-corrected chi connectivity index (χ2v) is 3.65. The number of carbonyl (C=O) groups excluding carboxylic acids is 1. The molecule has 0 spiro atoms. The lowest BCUT2D eigenvalue weighted by molar-refractivity contribution is 0.0878. The van der Waals surface area contributed by atoms with Gasteiger partial charge in [-0.3, -0.25) is 4.79 Å². The number of benzene rings is 1. The lowest BCUT2D eigenvalue weighted by Gasteiger charge is -2.03. The van der Waals surface area contributed by atoms with E-state index in [1.807, 2.05) is 13.0 Å². The number of ketones is 1. The molecule has 1 heterocycles. The first-order valence-electron chi connectivity index (χ1n) is 4.10. The summed E-state index contributed by atoms with van der Waals surface area (Å²) in [5.41, 5.74) is 1.59. The van der Waals surface area contributed by atoms with Gasteiger partial charge in [-0.1, -0.05) is 11.6 Å². The topological polar surface area (TPSA) is 26.3 Å². The molecule has 0 fully saturated rings. The molecule has 1 unspecified atom stereocenters. The van der Waals surface area contributed by atoms with E-state index in [0.717, 1.165) is 5.56 Å². The van der Waals surface area contributed by atoms with E-state index in [-0.39, 0.29) is 5.78 Å². The lowest BCUT2D eigenvalue weighted by atomic mass is 10.1. The van der Waals surface area contributed by atoms with Crippen LogP contribution in [0.2, 0.25) is 5.02 Å². The van der Waals surface area contributed by atoms with Crippen LogP contribution in [0, 0.1) is 6.92 Å². The van der Waals surface area contributed by atoms with Gasteiger partial charge in [-0.2, -0.15) is 0 Å². The first kappa shape index (κ1) is 8.57. The fourth-order valence-electron chi connectivity index (χ4n) is 1.48. The van der Waals surface area contributed by atoms with E-state index in [9.17, 15) is 4.79 Å². The summed E-state index contributed by atoms with van der Waals surface area (Å²) in [4.78, 5) is 11.5. The van der Waals surface area contributed by atoms with E-state index >= 15 is 0 Å². The summed E-state index contributed by atoms with van der Waals surface area (Å²) in [6, 6.07) is 3.61. The molecule has 1 aliphatic rings. The van der Waals surface area contributed by atoms with Crippen LogP contribution in [0.4, 0.5) is 0 Å². The van der Waals surface area contributed by atoms with Crippen LogP contribution in [0.3, 0.4) is 0 Å². The highest BCUT2D eigenvalue weighted by atomic mass is 35.5. The molecule has 2 rings (SSSR count). The van der Waals surface area contributed by atoms with Gasteiger partial charge in [0.15, 0.2) is 6.10 Å². The van der Waals surface area contributed by atoms with Crippen LogP contribution in [0.5, 0.6) is 5.75 Å². The Kier molecular flexibility index (Phi) is 1.81. The normalized spacial score (nSPS) is 19.9. The van der Waals surface area contributed by atoms with Crippen molar-refractivity contribution in [3.8, 4) is 5.75 Å². The first-order chi connectivity index (χ1) is 6.09. The molecule has 0 aromatic heterocycles. The zero-order chi connectivity index (χ0) is 9.59. The third-order valence-corrected chi connectivity index (χ3v) is 2.40. The monoisotopic (exact) mass is 196 g/mol. The van der Waals surface area contributed by atoms with Gasteiger partial charge in [0, 0.05) is 0 Å². The summed E-state index contributed by atoms with van der Waals surface area (Å²) in [7, 11) is 0. The smallest absolute Gasteiger partial charge is 0.206 e. The van der Waals surface area contributed by atoms with Crippen molar-refractivity contribution in [3.63, 3.8) is 0 Å². The van der Waals surface area contributed by atoms with Crippen LogP contribution >= 0.6 is 11.6 Å². The standard InChI is InChI=1S/C10H9ClO2/c1-5-3-7-9(12)6(2)13-10(7)8(11)4-5/h3-4,6H,1-2H3. The van der Waals surface area contributed by atoms with Gasteiger partial charge < -0.3 is 4.74 Å². The summed E-state index contributed by atoms with van der Waals surface area (Å²) in [5, 5.41) is 0.521. The summed E-state index contributed by atoms with van der Waals surface area (Å²) in [5.74, 6) is 0.547. The van der Waals surface area contributed by atoms with Crippen molar-refractivity contribution in [1.82, 2.24) is 0 Å². The van der Waals surface area contributed by atoms with Crippen molar-refractivity contribution in [2.75, 3.05) is 0 Å². The van der Waals surface area contributed by atoms with Crippen LogP contribution in [0.15, 0.2) is 12.1 Å². The second kappa shape index (κ2) is 2.74. The summed E-state index contributed by atoms with van der Waals surface area (Å²) in [6.07, 6.45) is -0.394. The average Bonchev–Trinajstić information content (AvgIpc) is 2.32. The predicted octanol–water partition coefficient (Wildman–Crippen LogP) is 2.61. The molecule has 0 aliphatic carbocycles. The Morgan fingerprint density at radius 2 is 2.15 bits per heavy atom. The largest absolute Gasteiger partial charge is 0.480 e. The van der Waals surface area contributed by atoms with Crippen LogP contribution in [-0.4, -0.2) is 11.9 Å². The molecule has 3 heteroatoms. The van der Waals surface area contributed by atoms with Crippen molar-refractivity contribution < 1.29 is 9.53 Å². The van der Waals surface area contributed by atoms with Gasteiger partial charge >= 0.3 is 0 Å². The number of carbonyl (C=O) groups is 1. The maximum absolute atomic E-state index is 11.5. The van der Waals surface area contributed by atoms with E-state index < -0.39 is 6.10 Å². The molecule has 0 bridgehead atoms. The van der Waals surface area contributed by atoms with E-state index in [4.69, 9.17) is 16.3 Å². The van der Waals surface area contributed by atoms with Crippen molar-refractivity contribution >= 4 is 17.4 Å². The molecule has 68 valence electrons. The zero-order valence-corrected chi connectivity index (χ0v) is 8.18. The van der Waals surface area contributed by atoms with Crippen LogP contribution in [0.25, 0.3) is 0 Å². The fourth-order valence-corrected chi connectivity index (χ4v) is 1.80. The van der Waals surface area contributed by atoms with Gasteiger partial charge in [0.2, 0.25) is 5.78 Å². The number of ether oxygens (including phenoxy) is 1. The summed E-state index contributed by atoms with van der Waals surface area (Å²) >= 11 is 5.93. The van der Waals surface area contributed by atoms with E-state index in [1.54, 1.807) is 13.0 Å². The summed E-state index contributed by atoms with van der Waals surface area (Å²) in [6.45, 7) is 3.64. The Bertz CT molecular complexity index is 385. The van der Waals surface area contributed by atoms with Gasteiger partial charge in [-0.15, -0.1) is 0 Å². The molecule has 0 radical (unpaired) electrons. The van der Waals surface area contributed by atoms with Gasteiger partial charge in [-0.25, -0.2) is 0 Å². The Labute approximate surface area is 81.5 Å².